The van der Waals surface area contributed by atoms with Crippen LogP contribution in [0.1, 0.15) is 6.92 Å². The summed E-state index contributed by atoms with van der Waals surface area (Å²) in [7, 11) is 0. The van der Waals surface area contributed by atoms with Gasteiger partial charge in [0.2, 0.25) is 0 Å². The third-order valence-corrected chi connectivity index (χ3v) is 2.30. The zero-order valence-corrected chi connectivity index (χ0v) is 9.26. The molecule has 0 fully saturated rings. The number of rotatable bonds is 2. The van der Waals surface area contributed by atoms with Crippen LogP contribution in [0.25, 0.3) is 0 Å². The Kier molecular flexibility index (Phi) is 2.93. The summed E-state index contributed by atoms with van der Waals surface area (Å²) in [6, 6.07) is 9.69. The van der Waals surface area contributed by atoms with Crippen molar-refractivity contribution in [3.05, 3.63) is 66.5 Å². The Balaban J connectivity index is 2.13. The molecule has 0 aliphatic heterocycles. The van der Waals surface area contributed by atoms with Gasteiger partial charge in [-0.25, -0.2) is 0 Å². The first-order valence-electron chi connectivity index (χ1n) is 5.26. The average molecular weight is 213 g/mol. The number of allylic oxidation sites excluding steroid dienone is 3. The molecule has 0 amide bonds. The van der Waals surface area contributed by atoms with Crippen molar-refractivity contribution < 1.29 is 4.74 Å². The van der Waals surface area contributed by atoms with Crippen LogP contribution in [0.4, 0.5) is 0 Å². The largest absolute Gasteiger partial charge is 0.457 e. The minimum absolute atomic E-state index is 0.404. The molecule has 16 heavy (non-hydrogen) atoms. The molecule has 1 aromatic carbocycles. The van der Waals surface area contributed by atoms with E-state index in [9.17, 15) is 0 Å². The van der Waals surface area contributed by atoms with Gasteiger partial charge in [0.15, 0.2) is 0 Å². The van der Waals surface area contributed by atoms with Crippen LogP contribution in [0.15, 0.2) is 66.5 Å². The predicted molar refractivity (Wildman–Crippen MR) is 66.0 cm³/mol. The Hall–Kier alpha value is -1.80. The van der Waals surface area contributed by atoms with Gasteiger partial charge < -0.3 is 10.5 Å². The van der Waals surface area contributed by atoms with Gasteiger partial charge in [0.05, 0.1) is 5.54 Å². The maximum Gasteiger partial charge on any atom is 0.127 e. The lowest BCUT2D eigenvalue weighted by Gasteiger charge is -2.12. The third kappa shape index (κ3) is 2.84. The van der Waals surface area contributed by atoms with E-state index in [0.29, 0.717) is 0 Å². The quantitative estimate of drug-likeness (QED) is 0.819. The van der Waals surface area contributed by atoms with Gasteiger partial charge >= 0.3 is 0 Å². The summed E-state index contributed by atoms with van der Waals surface area (Å²) in [4.78, 5) is 0. The van der Waals surface area contributed by atoms with Crippen molar-refractivity contribution >= 4 is 0 Å². The van der Waals surface area contributed by atoms with Gasteiger partial charge in [0.25, 0.3) is 0 Å². The Morgan fingerprint density at radius 2 is 1.88 bits per heavy atom. The molecule has 1 unspecified atom stereocenters. The molecular formula is C14H15NO. The predicted octanol–water partition coefficient (Wildman–Crippen LogP) is 2.79. The molecular weight excluding hydrogens is 198 g/mol. The standard InChI is InChI=1S/C14H15NO/c1-14(15)10-5-8-13(9-11-14)16-12-6-3-2-4-7-12/h2-11H,15H2,1H3. The topological polar surface area (TPSA) is 35.2 Å². The van der Waals surface area contributed by atoms with Gasteiger partial charge in [0.1, 0.15) is 11.5 Å². The lowest BCUT2D eigenvalue weighted by Crippen LogP contribution is -2.30. The van der Waals surface area contributed by atoms with Crippen molar-refractivity contribution in [2.45, 2.75) is 12.5 Å². The van der Waals surface area contributed by atoms with Crippen molar-refractivity contribution in [1.29, 1.82) is 0 Å². The number of ether oxygens (including phenoxy) is 1. The fraction of sp³-hybridized carbons (Fsp3) is 0.143. The fourth-order valence-electron chi connectivity index (χ4n) is 1.42. The highest BCUT2D eigenvalue weighted by molar-refractivity contribution is 5.33. The van der Waals surface area contributed by atoms with Crippen molar-refractivity contribution in [2.75, 3.05) is 0 Å². The van der Waals surface area contributed by atoms with E-state index in [1.165, 1.54) is 0 Å². The van der Waals surface area contributed by atoms with Gasteiger partial charge in [-0.1, -0.05) is 36.4 Å². The molecule has 2 N–H and O–H groups in total. The Bertz CT molecular complexity index is 441. The Morgan fingerprint density at radius 1 is 1.12 bits per heavy atom. The van der Waals surface area contributed by atoms with E-state index in [4.69, 9.17) is 10.5 Å². The van der Waals surface area contributed by atoms with Crippen LogP contribution in [-0.2, 0) is 0 Å². The SMILES string of the molecule is CC1(N)C=CC=C(Oc2ccccc2)C=C1. The molecule has 0 saturated heterocycles. The van der Waals surface area contributed by atoms with E-state index in [1.807, 2.05) is 67.6 Å². The second kappa shape index (κ2) is 4.37. The van der Waals surface area contributed by atoms with Crippen molar-refractivity contribution in [1.82, 2.24) is 0 Å². The monoisotopic (exact) mass is 213 g/mol. The first kappa shape index (κ1) is 10.7. The normalized spacial score (nSPS) is 23.8. The second-order valence-corrected chi connectivity index (χ2v) is 4.04. The molecule has 1 atom stereocenters. The number of benzene rings is 1. The summed E-state index contributed by atoms with van der Waals surface area (Å²) in [6.45, 7) is 1.94. The fourth-order valence-corrected chi connectivity index (χ4v) is 1.42. The second-order valence-electron chi connectivity index (χ2n) is 4.04. The number of para-hydroxylation sites is 1. The van der Waals surface area contributed by atoms with Crippen molar-refractivity contribution in [3.8, 4) is 5.75 Å². The van der Waals surface area contributed by atoms with Gasteiger partial charge in [-0.15, -0.1) is 0 Å². The maximum absolute atomic E-state index is 5.97. The highest BCUT2D eigenvalue weighted by Gasteiger charge is 2.11. The molecule has 2 rings (SSSR count). The van der Waals surface area contributed by atoms with Crippen LogP contribution in [-0.4, -0.2) is 5.54 Å². The van der Waals surface area contributed by atoms with Crippen molar-refractivity contribution in [2.24, 2.45) is 5.73 Å². The molecule has 0 saturated carbocycles. The summed E-state index contributed by atoms with van der Waals surface area (Å²) in [5, 5.41) is 0. The zero-order valence-electron chi connectivity index (χ0n) is 9.26. The molecule has 1 aromatic rings. The van der Waals surface area contributed by atoms with Crippen LogP contribution in [0, 0.1) is 0 Å². The number of nitrogens with two attached hydrogens (primary N) is 1. The van der Waals surface area contributed by atoms with Crippen LogP contribution in [0.5, 0.6) is 5.75 Å². The molecule has 0 aromatic heterocycles. The molecule has 2 heteroatoms. The van der Waals surface area contributed by atoms with E-state index in [2.05, 4.69) is 0 Å². The van der Waals surface area contributed by atoms with Gasteiger partial charge in [-0.2, -0.15) is 0 Å². The van der Waals surface area contributed by atoms with Gasteiger partial charge in [-0.05, 0) is 31.2 Å². The van der Waals surface area contributed by atoms with Crippen LogP contribution in [0.3, 0.4) is 0 Å². The molecule has 82 valence electrons. The summed E-state index contributed by atoms with van der Waals surface area (Å²) in [6.07, 6.45) is 9.57. The number of hydrogen-bond donors (Lipinski definition) is 1. The first-order valence-corrected chi connectivity index (χ1v) is 5.26. The average Bonchev–Trinajstić information content (AvgIpc) is 2.42. The van der Waals surface area contributed by atoms with Gasteiger partial charge in [0, 0.05) is 0 Å². The molecule has 0 bridgehead atoms. The van der Waals surface area contributed by atoms with Crippen LogP contribution >= 0.6 is 0 Å². The summed E-state index contributed by atoms with van der Waals surface area (Å²) in [5.41, 5.74) is 5.57. The summed E-state index contributed by atoms with van der Waals surface area (Å²) >= 11 is 0. The Morgan fingerprint density at radius 3 is 2.62 bits per heavy atom. The van der Waals surface area contributed by atoms with E-state index < -0.39 is 5.54 Å². The maximum atomic E-state index is 5.97. The van der Waals surface area contributed by atoms with Crippen LogP contribution < -0.4 is 10.5 Å². The van der Waals surface area contributed by atoms with E-state index in [1.54, 1.807) is 0 Å². The number of hydrogen-bond acceptors (Lipinski definition) is 2. The first-order chi connectivity index (χ1) is 7.66. The molecule has 2 nitrogen and oxygen atoms in total. The lowest BCUT2D eigenvalue weighted by atomic mass is 10.0. The lowest BCUT2D eigenvalue weighted by molar-refractivity contribution is 0.444. The highest BCUT2D eigenvalue weighted by atomic mass is 16.5. The minimum atomic E-state index is -0.404. The van der Waals surface area contributed by atoms with E-state index in [-0.39, 0.29) is 0 Å². The zero-order chi connectivity index (χ0) is 11.4. The highest BCUT2D eigenvalue weighted by Crippen LogP contribution is 2.17. The van der Waals surface area contributed by atoms with Gasteiger partial charge in [-0.3, -0.25) is 0 Å². The smallest absolute Gasteiger partial charge is 0.127 e. The molecule has 0 radical (unpaired) electrons. The molecule has 0 spiro atoms. The van der Waals surface area contributed by atoms with E-state index >= 15 is 0 Å². The summed E-state index contributed by atoms with van der Waals surface area (Å²) in [5.74, 6) is 1.61. The minimum Gasteiger partial charge on any atom is -0.457 e. The summed E-state index contributed by atoms with van der Waals surface area (Å²) < 4.78 is 5.70. The Labute approximate surface area is 95.7 Å². The third-order valence-electron chi connectivity index (χ3n) is 2.30. The molecule has 1 aliphatic carbocycles. The van der Waals surface area contributed by atoms with Crippen molar-refractivity contribution in [3.63, 3.8) is 0 Å². The molecule has 1 aliphatic rings. The van der Waals surface area contributed by atoms with E-state index in [0.717, 1.165) is 11.5 Å². The molecule has 0 heterocycles. The van der Waals surface area contributed by atoms with Crippen LogP contribution in [0.2, 0.25) is 0 Å².